The molecule has 0 amide bonds. The van der Waals surface area contributed by atoms with E-state index in [1.54, 1.807) is 12.1 Å². The van der Waals surface area contributed by atoms with Gasteiger partial charge >= 0.3 is 0 Å². The van der Waals surface area contributed by atoms with E-state index in [0.717, 1.165) is 0 Å². The quantitative estimate of drug-likeness (QED) is 0.500. The van der Waals surface area contributed by atoms with Crippen LogP contribution in [0.3, 0.4) is 0 Å². The Morgan fingerprint density at radius 2 is 1.80 bits per heavy atom. The third-order valence-electron chi connectivity index (χ3n) is 2.88. The summed E-state index contributed by atoms with van der Waals surface area (Å²) in [4.78, 5) is 0. The molecule has 0 aliphatic heterocycles. The first-order valence-corrected chi connectivity index (χ1v) is 7.37. The normalized spacial score (nSPS) is 12.2. The molecule has 106 valence electrons. The zero-order valence-corrected chi connectivity index (χ0v) is 13.6. The molecule has 1 atom stereocenters. The van der Waals surface area contributed by atoms with E-state index in [1.807, 2.05) is 6.92 Å². The highest BCUT2D eigenvalue weighted by Crippen LogP contribution is 2.38. The molecular weight excluding hydrogens is 365 g/mol. The van der Waals surface area contributed by atoms with Crippen LogP contribution in [0.4, 0.5) is 5.69 Å². The Balaban J connectivity index is 2.30. The second-order valence-corrected chi connectivity index (χ2v) is 5.94. The molecule has 3 N–H and O–H groups in total. The smallest absolute Gasteiger partial charge is 0.121 e. The van der Waals surface area contributed by atoms with E-state index in [0.29, 0.717) is 25.8 Å². The van der Waals surface area contributed by atoms with Crippen molar-refractivity contribution in [3.63, 3.8) is 0 Å². The van der Waals surface area contributed by atoms with Gasteiger partial charge in [-0.2, -0.15) is 0 Å². The van der Waals surface area contributed by atoms with Crippen LogP contribution in [0.2, 0.25) is 10.0 Å². The summed E-state index contributed by atoms with van der Waals surface area (Å²) in [5.74, 6) is 0.188. The van der Waals surface area contributed by atoms with Crippen molar-refractivity contribution < 1.29 is 10.2 Å². The number of phenols is 2. The molecule has 2 aromatic rings. The van der Waals surface area contributed by atoms with Crippen molar-refractivity contribution >= 4 is 44.8 Å². The fraction of sp³-hybridized carbons (Fsp3) is 0.143. The number of benzene rings is 2. The summed E-state index contributed by atoms with van der Waals surface area (Å²) in [6, 6.07) is 7.69. The number of anilines is 1. The number of halogens is 3. The molecule has 20 heavy (non-hydrogen) atoms. The van der Waals surface area contributed by atoms with Crippen LogP contribution >= 0.6 is 39.1 Å². The van der Waals surface area contributed by atoms with Crippen LogP contribution in [-0.2, 0) is 0 Å². The molecule has 0 saturated carbocycles. The highest BCUT2D eigenvalue weighted by atomic mass is 79.9. The van der Waals surface area contributed by atoms with Gasteiger partial charge in [0.2, 0.25) is 0 Å². The van der Waals surface area contributed by atoms with Crippen molar-refractivity contribution in [1.29, 1.82) is 0 Å². The standard InChI is InChI=1S/C14H12BrCl2NO2/c1-7(9-6-8(19)2-5-12(9)20)18-11-4-3-10(15)13(16)14(11)17/h2-7,18-20H,1H3. The van der Waals surface area contributed by atoms with E-state index < -0.39 is 0 Å². The van der Waals surface area contributed by atoms with Gasteiger partial charge in [0.1, 0.15) is 11.5 Å². The third-order valence-corrected chi connectivity index (χ3v) is 4.66. The Morgan fingerprint density at radius 3 is 2.50 bits per heavy atom. The van der Waals surface area contributed by atoms with E-state index in [9.17, 15) is 10.2 Å². The molecule has 0 aliphatic rings. The average Bonchev–Trinajstić information content (AvgIpc) is 2.42. The molecular formula is C14H12BrCl2NO2. The molecule has 3 nitrogen and oxygen atoms in total. The highest BCUT2D eigenvalue weighted by Gasteiger charge is 2.14. The summed E-state index contributed by atoms with van der Waals surface area (Å²) < 4.78 is 0.711. The van der Waals surface area contributed by atoms with Crippen LogP contribution in [0.15, 0.2) is 34.8 Å². The Kier molecular flexibility index (Phi) is 4.68. The summed E-state index contributed by atoms with van der Waals surface area (Å²) in [7, 11) is 0. The molecule has 0 saturated heterocycles. The molecule has 0 radical (unpaired) electrons. The van der Waals surface area contributed by atoms with Crippen LogP contribution in [0.25, 0.3) is 0 Å². The number of hydrogen-bond donors (Lipinski definition) is 3. The fourth-order valence-electron chi connectivity index (χ4n) is 1.84. The molecule has 0 heterocycles. The van der Waals surface area contributed by atoms with Gasteiger partial charge in [-0.1, -0.05) is 23.2 Å². The van der Waals surface area contributed by atoms with Gasteiger partial charge in [-0.3, -0.25) is 0 Å². The minimum atomic E-state index is -0.253. The molecule has 2 rings (SSSR count). The molecule has 6 heteroatoms. The molecule has 1 unspecified atom stereocenters. The van der Waals surface area contributed by atoms with Crippen molar-refractivity contribution in [2.24, 2.45) is 0 Å². The van der Waals surface area contributed by atoms with Gasteiger partial charge in [0.25, 0.3) is 0 Å². The van der Waals surface area contributed by atoms with E-state index >= 15 is 0 Å². The van der Waals surface area contributed by atoms with Gasteiger partial charge in [0, 0.05) is 10.0 Å². The largest absolute Gasteiger partial charge is 0.508 e. The Labute approximate surface area is 135 Å². The van der Waals surface area contributed by atoms with Crippen molar-refractivity contribution in [2.45, 2.75) is 13.0 Å². The lowest BCUT2D eigenvalue weighted by Crippen LogP contribution is -2.07. The zero-order chi connectivity index (χ0) is 14.9. The lowest BCUT2D eigenvalue weighted by atomic mass is 10.1. The van der Waals surface area contributed by atoms with E-state index in [2.05, 4.69) is 21.2 Å². The molecule has 2 aromatic carbocycles. The summed E-state index contributed by atoms with van der Waals surface area (Å²) >= 11 is 15.5. The molecule has 0 bridgehead atoms. The van der Waals surface area contributed by atoms with E-state index in [4.69, 9.17) is 23.2 Å². The third kappa shape index (κ3) is 3.14. The fourth-order valence-corrected chi connectivity index (χ4v) is 2.67. The SMILES string of the molecule is CC(Nc1ccc(Br)c(Cl)c1Cl)c1cc(O)ccc1O. The Hall–Kier alpha value is -1.10. The minimum absolute atomic E-state index is 0.0892. The van der Waals surface area contributed by atoms with Gasteiger partial charge < -0.3 is 15.5 Å². The van der Waals surface area contributed by atoms with Crippen LogP contribution in [-0.4, -0.2) is 10.2 Å². The van der Waals surface area contributed by atoms with Crippen molar-refractivity contribution in [1.82, 2.24) is 0 Å². The number of hydrogen-bond acceptors (Lipinski definition) is 3. The maximum Gasteiger partial charge on any atom is 0.121 e. The summed E-state index contributed by atoms with van der Waals surface area (Å²) in [5.41, 5.74) is 1.22. The van der Waals surface area contributed by atoms with Crippen molar-refractivity contribution in [2.75, 3.05) is 5.32 Å². The van der Waals surface area contributed by atoms with Gasteiger partial charge in [-0.15, -0.1) is 0 Å². The zero-order valence-electron chi connectivity index (χ0n) is 10.5. The maximum atomic E-state index is 9.83. The number of nitrogens with one attached hydrogen (secondary N) is 1. The van der Waals surface area contributed by atoms with Gasteiger partial charge in [0.15, 0.2) is 0 Å². The summed E-state index contributed by atoms with van der Waals surface area (Å²) in [5, 5.41) is 23.3. The molecule has 0 aliphatic carbocycles. The molecule has 0 aromatic heterocycles. The van der Waals surface area contributed by atoms with E-state index in [-0.39, 0.29) is 17.5 Å². The molecule has 0 fully saturated rings. The summed E-state index contributed by atoms with van der Waals surface area (Å²) in [6.45, 7) is 1.85. The lowest BCUT2D eigenvalue weighted by Gasteiger charge is -2.18. The topological polar surface area (TPSA) is 52.5 Å². The Bertz CT molecular complexity index is 649. The predicted molar refractivity (Wildman–Crippen MR) is 86.0 cm³/mol. The summed E-state index contributed by atoms with van der Waals surface area (Å²) in [6.07, 6.45) is 0. The predicted octanol–water partition coefficient (Wildman–Crippen LogP) is 5.34. The maximum absolute atomic E-state index is 9.83. The van der Waals surface area contributed by atoms with E-state index in [1.165, 1.54) is 18.2 Å². The number of rotatable bonds is 3. The minimum Gasteiger partial charge on any atom is -0.508 e. The lowest BCUT2D eigenvalue weighted by molar-refractivity contribution is 0.451. The first-order chi connectivity index (χ1) is 9.40. The first kappa shape index (κ1) is 15.3. The average molecular weight is 377 g/mol. The van der Waals surface area contributed by atoms with Gasteiger partial charge in [-0.05, 0) is 53.2 Å². The number of phenolic OH excluding ortho intramolecular Hbond substituents is 2. The second kappa shape index (κ2) is 6.12. The second-order valence-electron chi connectivity index (χ2n) is 4.33. The van der Waals surface area contributed by atoms with Crippen molar-refractivity contribution in [3.8, 4) is 11.5 Å². The highest BCUT2D eigenvalue weighted by molar-refractivity contribution is 9.10. The first-order valence-electron chi connectivity index (χ1n) is 5.82. The van der Waals surface area contributed by atoms with Gasteiger partial charge in [-0.25, -0.2) is 0 Å². The molecule has 0 spiro atoms. The monoisotopic (exact) mass is 375 g/mol. The van der Waals surface area contributed by atoms with Crippen molar-refractivity contribution in [3.05, 3.63) is 50.4 Å². The van der Waals surface area contributed by atoms with Crippen LogP contribution in [0.1, 0.15) is 18.5 Å². The van der Waals surface area contributed by atoms with Gasteiger partial charge in [0.05, 0.1) is 21.8 Å². The Morgan fingerprint density at radius 1 is 1.10 bits per heavy atom. The van der Waals surface area contributed by atoms with Crippen LogP contribution < -0.4 is 5.32 Å². The number of aromatic hydroxyl groups is 2. The van der Waals surface area contributed by atoms with Crippen LogP contribution in [0.5, 0.6) is 11.5 Å². The van der Waals surface area contributed by atoms with Crippen LogP contribution in [0, 0.1) is 0 Å².